The second-order valence-electron chi connectivity index (χ2n) is 5.69. The molecule has 140 valence electrons. The van der Waals surface area contributed by atoms with Gasteiger partial charge in [0.25, 0.3) is 5.91 Å². The summed E-state index contributed by atoms with van der Waals surface area (Å²) in [6.45, 7) is 0.302. The van der Waals surface area contributed by atoms with Crippen molar-refractivity contribution in [3.8, 4) is 17.6 Å². The van der Waals surface area contributed by atoms with Crippen molar-refractivity contribution in [3.63, 3.8) is 0 Å². The molecule has 0 spiro atoms. The van der Waals surface area contributed by atoms with E-state index in [2.05, 4.69) is 10.1 Å². The van der Waals surface area contributed by atoms with Crippen molar-refractivity contribution >= 4 is 17.7 Å². The molecule has 0 bridgehead atoms. The van der Waals surface area contributed by atoms with Gasteiger partial charge >= 0.3 is 6.61 Å². The molecule has 5 nitrogen and oxygen atoms in total. The molecular formula is C20H18F2N2O3. The Balaban J connectivity index is 2.30. The molecule has 0 aliphatic heterocycles. The number of carbonyl (C=O) groups excluding carboxylic acids is 1. The lowest BCUT2D eigenvalue weighted by molar-refractivity contribution is -0.112. The Morgan fingerprint density at radius 1 is 1.22 bits per heavy atom. The number of aryl methyl sites for hydroxylation is 2. The van der Waals surface area contributed by atoms with E-state index >= 15 is 0 Å². The van der Waals surface area contributed by atoms with E-state index in [0.29, 0.717) is 28.1 Å². The molecule has 7 heteroatoms. The van der Waals surface area contributed by atoms with E-state index < -0.39 is 12.5 Å². The van der Waals surface area contributed by atoms with E-state index in [0.717, 1.165) is 0 Å². The van der Waals surface area contributed by atoms with Crippen LogP contribution in [0, 0.1) is 25.2 Å². The van der Waals surface area contributed by atoms with Crippen molar-refractivity contribution in [2.24, 2.45) is 0 Å². The fraction of sp³-hybridized carbons (Fsp3) is 0.200. The van der Waals surface area contributed by atoms with Gasteiger partial charge in [0.1, 0.15) is 23.1 Å². The molecule has 0 aliphatic carbocycles. The van der Waals surface area contributed by atoms with Crippen molar-refractivity contribution in [1.29, 1.82) is 5.26 Å². The lowest BCUT2D eigenvalue weighted by Crippen LogP contribution is -2.14. The molecule has 0 fully saturated rings. The molecule has 2 rings (SSSR count). The summed E-state index contributed by atoms with van der Waals surface area (Å²) >= 11 is 0. The highest BCUT2D eigenvalue weighted by Crippen LogP contribution is 2.28. The van der Waals surface area contributed by atoms with Gasteiger partial charge in [-0.25, -0.2) is 0 Å². The Morgan fingerprint density at radius 3 is 2.41 bits per heavy atom. The lowest BCUT2D eigenvalue weighted by Gasteiger charge is -2.12. The van der Waals surface area contributed by atoms with Crippen LogP contribution in [0.5, 0.6) is 11.5 Å². The van der Waals surface area contributed by atoms with Gasteiger partial charge in [0.2, 0.25) is 0 Å². The maximum atomic E-state index is 12.5. The Morgan fingerprint density at radius 2 is 1.85 bits per heavy atom. The zero-order valence-electron chi connectivity index (χ0n) is 15.0. The fourth-order valence-electron chi connectivity index (χ4n) is 2.59. The topological polar surface area (TPSA) is 71.3 Å². The number of halogens is 2. The van der Waals surface area contributed by atoms with Gasteiger partial charge in [0.05, 0.1) is 12.8 Å². The first-order chi connectivity index (χ1) is 12.8. The fourth-order valence-corrected chi connectivity index (χ4v) is 2.59. The largest absolute Gasteiger partial charge is 0.495 e. The number of amides is 1. The summed E-state index contributed by atoms with van der Waals surface area (Å²) in [5.74, 6) is -0.0623. The van der Waals surface area contributed by atoms with Crippen LogP contribution in [0.15, 0.2) is 42.0 Å². The molecule has 27 heavy (non-hydrogen) atoms. The summed E-state index contributed by atoms with van der Waals surface area (Å²) in [5.41, 5.74) is 1.77. The zero-order chi connectivity index (χ0) is 20.0. The number of hydrogen-bond acceptors (Lipinski definition) is 4. The van der Waals surface area contributed by atoms with Crippen LogP contribution in [-0.2, 0) is 4.79 Å². The van der Waals surface area contributed by atoms with Gasteiger partial charge in [-0.1, -0.05) is 12.1 Å². The Hall–Kier alpha value is -3.40. The highest BCUT2D eigenvalue weighted by atomic mass is 19.3. The summed E-state index contributed by atoms with van der Waals surface area (Å²) in [6, 6.07) is 11.8. The monoisotopic (exact) mass is 372 g/mol. The standard InChI is InChI=1S/C20H18F2N2O3/c1-12-8-14(9-13(2)18(12)27-20(21)22)10-15(11-23)19(25)24-16-6-4-5-7-17(16)26-3/h4-10,20H,1-3H3,(H,24,25)/b15-10+. The molecule has 0 aliphatic rings. The molecule has 0 unspecified atom stereocenters. The van der Waals surface area contributed by atoms with Gasteiger partial charge in [0.15, 0.2) is 0 Å². The van der Waals surface area contributed by atoms with Crippen molar-refractivity contribution in [3.05, 3.63) is 58.7 Å². The van der Waals surface area contributed by atoms with E-state index in [9.17, 15) is 18.8 Å². The average Bonchev–Trinajstić information content (AvgIpc) is 2.63. The molecule has 1 amide bonds. The minimum absolute atomic E-state index is 0.0825. The Labute approximate surface area is 155 Å². The second kappa shape index (κ2) is 8.81. The van der Waals surface area contributed by atoms with Crippen molar-refractivity contribution in [2.75, 3.05) is 12.4 Å². The van der Waals surface area contributed by atoms with Crippen LogP contribution < -0.4 is 14.8 Å². The Bertz CT molecular complexity index is 895. The highest BCUT2D eigenvalue weighted by molar-refractivity contribution is 6.10. The van der Waals surface area contributed by atoms with E-state index in [-0.39, 0.29) is 11.3 Å². The van der Waals surface area contributed by atoms with Crippen molar-refractivity contribution in [2.45, 2.75) is 20.5 Å². The molecule has 0 atom stereocenters. The van der Waals surface area contributed by atoms with E-state index in [4.69, 9.17) is 4.74 Å². The normalized spacial score (nSPS) is 11.1. The third-order valence-corrected chi connectivity index (χ3v) is 3.72. The molecule has 1 N–H and O–H groups in total. The summed E-state index contributed by atoms with van der Waals surface area (Å²) in [7, 11) is 1.47. The van der Waals surface area contributed by atoms with Crippen molar-refractivity contribution < 1.29 is 23.0 Å². The average molecular weight is 372 g/mol. The highest BCUT2D eigenvalue weighted by Gasteiger charge is 2.14. The number of alkyl halides is 2. The molecule has 0 saturated carbocycles. The molecule has 2 aromatic carbocycles. The first-order valence-electron chi connectivity index (χ1n) is 7.98. The number of benzene rings is 2. The first kappa shape index (κ1) is 19.9. The van der Waals surface area contributed by atoms with Crippen molar-refractivity contribution in [1.82, 2.24) is 0 Å². The van der Waals surface area contributed by atoms with E-state index in [1.165, 1.54) is 13.2 Å². The zero-order valence-corrected chi connectivity index (χ0v) is 15.0. The van der Waals surface area contributed by atoms with Gasteiger partial charge in [-0.15, -0.1) is 0 Å². The van der Waals surface area contributed by atoms with E-state index in [1.807, 2.05) is 6.07 Å². The number of rotatable bonds is 6. The molecule has 0 aromatic heterocycles. The molecule has 0 heterocycles. The van der Waals surface area contributed by atoms with Crippen LogP contribution >= 0.6 is 0 Å². The van der Waals surface area contributed by atoms with Crippen LogP contribution in [0.3, 0.4) is 0 Å². The molecule has 2 aromatic rings. The van der Waals surface area contributed by atoms with Crippen LogP contribution in [0.25, 0.3) is 6.08 Å². The SMILES string of the molecule is COc1ccccc1NC(=O)/C(C#N)=C/c1cc(C)c(OC(F)F)c(C)c1. The van der Waals surface area contributed by atoms with Gasteiger partial charge in [0, 0.05) is 0 Å². The van der Waals surface area contributed by atoms with E-state index in [1.54, 1.807) is 50.2 Å². The summed E-state index contributed by atoms with van der Waals surface area (Å²) in [5, 5.41) is 12.0. The number of nitrogens with zero attached hydrogens (tertiary/aromatic N) is 1. The molecular weight excluding hydrogens is 354 g/mol. The number of methoxy groups -OCH3 is 1. The maximum absolute atomic E-state index is 12.5. The third-order valence-electron chi connectivity index (χ3n) is 3.72. The summed E-state index contributed by atoms with van der Waals surface area (Å²) in [6.07, 6.45) is 1.39. The quantitative estimate of drug-likeness (QED) is 0.600. The predicted molar refractivity (Wildman–Crippen MR) is 97.8 cm³/mol. The van der Waals surface area contributed by atoms with Crippen LogP contribution in [0.2, 0.25) is 0 Å². The van der Waals surface area contributed by atoms with Gasteiger partial charge in [-0.3, -0.25) is 4.79 Å². The van der Waals surface area contributed by atoms with Crippen LogP contribution in [0.4, 0.5) is 14.5 Å². The first-order valence-corrected chi connectivity index (χ1v) is 7.98. The van der Waals surface area contributed by atoms with Gasteiger partial charge < -0.3 is 14.8 Å². The lowest BCUT2D eigenvalue weighted by atomic mass is 10.0. The number of hydrogen-bond donors (Lipinski definition) is 1. The van der Waals surface area contributed by atoms with Gasteiger partial charge in [-0.05, 0) is 60.9 Å². The summed E-state index contributed by atoms with van der Waals surface area (Å²) < 4.78 is 34.6. The Kier molecular flexibility index (Phi) is 6.50. The number of ether oxygens (including phenoxy) is 2. The minimum atomic E-state index is -2.93. The maximum Gasteiger partial charge on any atom is 0.387 e. The van der Waals surface area contributed by atoms with Gasteiger partial charge in [-0.2, -0.15) is 14.0 Å². The molecule has 0 saturated heterocycles. The predicted octanol–water partition coefficient (Wildman–Crippen LogP) is 4.46. The van der Waals surface area contributed by atoms with Crippen LogP contribution in [-0.4, -0.2) is 19.6 Å². The van der Waals surface area contributed by atoms with Crippen LogP contribution in [0.1, 0.15) is 16.7 Å². The summed E-state index contributed by atoms with van der Waals surface area (Å²) in [4.78, 5) is 12.4. The number of nitrogens with one attached hydrogen (secondary N) is 1. The number of carbonyl (C=O) groups is 1. The minimum Gasteiger partial charge on any atom is -0.495 e. The smallest absolute Gasteiger partial charge is 0.387 e. The molecule has 0 radical (unpaired) electrons. The second-order valence-corrected chi connectivity index (χ2v) is 5.69. The number of nitriles is 1. The number of anilines is 1. The number of para-hydroxylation sites is 2. The third kappa shape index (κ3) is 5.05.